The summed E-state index contributed by atoms with van der Waals surface area (Å²) in [5.74, 6) is 4.97. The summed E-state index contributed by atoms with van der Waals surface area (Å²) in [4.78, 5) is 13.5. The second kappa shape index (κ2) is 7.63. The molecule has 0 atom stereocenters. The van der Waals surface area contributed by atoms with Gasteiger partial charge in [-0.25, -0.2) is 5.84 Å². The number of nitrogens with two attached hydrogens (primary N) is 1. The monoisotopic (exact) mass is 227 g/mol. The Kier molecular flexibility index (Phi) is 6.42. The topological polar surface area (TPSA) is 58.4 Å². The number of unbranched alkanes of at least 4 members (excludes halogenated alkanes) is 2. The minimum Gasteiger partial charge on any atom is -0.300 e. The SMILES string of the molecule is CCCN(CCCCCC(=O)NN)C1CC1. The maximum absolute atomic E-state index is 10.9. The lowest BCUT2D eigenvalue weighted by atomic mass is 10.2. The maximum atomic E-state index is 10.9. The van der Waals surface area contributed by atoms with Gasteiger partial charge in [0.15, 0.2) is 0 Å². The highest BCUT2D eigenvalue weighted by Crippen LogP contribution is 2.27. The second-order valence-electron chi connectivity index (χ2n) is 4.65. The molecule has 4 heteroatoms. The molecule has 1 aliphatic rings. The van der Waals surface area contributed by atoms with E-state index in [2.05, 4.69) is 17.2 Å². The first-order valence-electron chi connectivity index (χ1n) is 6.51. The van der Waals surface area contributed by atoms with Gasteiger partial charge in [-0.05, 0) is 45.2 Å². The Balaban J connectivity index is 1.98. The molecule has 16 heavy (non-hydrogen) atoms. The Bertz CT molecular complexity index is 204. The van der Waals surface area contributed by atoms with Crippen molar-refractivity contribution in [2.75, 3.05) is 13.1 Å². The zero-order chi connectivity index (χ0) is 11.8. The van der Waals surface area contributed by atoms with Crippen molar-refractivity contribution < 1.29 is 4.79 Å². The lowest BCUT2D eigenvalue weighted by molar-refractivity contribution is -0.121. The summed E-state index contributed by atoms with van der Waals surface area (Å²) in [5, 5.41) is 0. The van der Waals surface area contributed by atoms with Gasteiger partial charge in [-0.15, -0.1) is 0 Å². The Morgan fingerprint density at radius 1 is 1.31 bits per heavy atom. The average Bonchev–Trinajstić information content (AvgIpc) is 3.10. The molecular weight excluding hydrogens is 202 g/mol. The summed E-state index contributed by atoms with van der Waals surface area (Å²) < 4.78 is 0. The van der Waals surface area contributed by atoms with E-state index in [-0.39, 0.29) is 5.91 Å². The number of hydrogen-bond acceptors (Lipinski definition) is 3. The number of nitrogens with one attached hydrogen (secondary N) is 1. The average molecular weight is 227 g/mol. The van der Waals surface area contributed by atoms with Gasteiger partial charge in [0, 0.05) is 12.5 Å². The van der Waals surface area contributed by atoms with Crippen LogP contribution in [0.25, 0.3) is 0 Å². The van der Waals surface area contributed by atoms with Gasteiger partial charge in [-0.1, -0.05) is 13.3 Å². The van der Waals surface area contributed by atoms with Crippen molar-refractivity contribution >= 4 is 5.91 Å². The Morgan fingerprint density at radius 3 is 2.62 bits per heavy atom. The molecule has 0 unspecified atom stereocenters. The highest BCUT2D eigenvalue weighted by Gasteiger charge is 2.27. The number of hydrogen-bond donors (Lipinski definition) is 2. The molecule has 0 aromatic heterocycles. The van der Waals surface area contributed by atoms with E-state index in [0.29, 0.717) is 6.42 Å². The fraction of sp³-hybridized carbons (Fsp3) is 0.917. The van der Waals surface area contributed by atoms with Crippen molar-refractivity contribution in [2.45, 2.75) is 57.9 Å². The highest BCUT2D eigenvalue weighted by molar-refractivity contribution is 5.74. The van der Waals surface area contributed by atoms with Gasteiger partial charge in [-0.3, -0.25) is 10.2 Å². The lowest BCUT2D eigenvalue weighted by Gasteiger charge is -2.20. The van der Waals surface area contributed by atoms with E-state index in [4.69, 9.17) is 5.84 Å². The van der Waals surface area contributed by atoms with Crippen LogP contribution in [0.1, 0.15) is 51.9 Å². The molecule has 0 bridgehead atoms. The molecule has 0 aromatic rings. The number of hydrazine groups is 1. The van der Waals surface area contributed by atoms with Gasteiger partial charge >= 0.3 is 0 Å². The van der Waals surface area contributed by atoms with Gasteiger partial charge in [0.25, 0.3) is 0 Å². The van der Waals surface area contributed by atoms with Crippen LogP contribution in [0.4, 0.5) is 0 Å². The summed E-state index contributed by atoms with van der Waals surface area (Å²) in [6.07, 6.45) is 7.85. The summed E-state index contributed by atoms with van der Waals surface area (Å²) >= 11 is 0. The zero-order valence-corrected chi connectivity index (χ0v) is 10.4. The van der Waals surface area contributed by atoms with Crippen molar-refractivity contribution in [2.24, 2.45) is 5.84 Å². The third-order valence-corrected chi connectivity index (χ3v) is 3.08. The summed E-state index contributed by atoms with van der Waals surface area (Å²) in [7, 11) is 0. The predicted molar refractivity (Wildman–Crippen MR) is 65.7 cm³/mol. The number of carbonyl (C=O) groups is 1. The Morgan fingerprint density at radius 2 is 2.06 bits per heavy atom. The number of nitrogens with zero attached hydrogens (tertiary/aromatic N) is 1. The fourth-order valence-corrected chi connectivity index (χ4v) is 2.05. The molecule has 0 heterocycles. The summed E-state index contributed by atoms with van der Waals surface area (Å²) in [6, 6.07) is 0.868. The van der Waals surface area contributed by atoms with Crippen LogP contribution in [0.2, 0.25) is 0 Å². The third-order valence-electron chi connectivity index (χ3n) is 3.08. The quantitative estimate of drug-likeness (QED) is 0.271. The summed E-state index contributed by atoms with van der Waals surface area (Å²) in [6.45, 7) is 4.66. The van der Waals surface area contributed by atoms with E-state index >= 15 is 0 Å². The first kappa shape index (κ1) is 13.5. The van der Waals surface area contributed by atoms with Crippen molar-refractivity contribution in [3.63, 3.8) is 0 Å². The molecule has 1 rings (SSSR count). The number of rotatable bonds is 9. The molecule has 1 aliphatic carbocycles. The van der Waals surface area contributed by atoms with Gasteiger partial charge in [0.05, 0.1) is 0 Å². The van der Waals surface area contributed by atoms with E-state index in [1.807, 2.05) is 0 Å². The highest BCUT2D eigenvalue weighted by atomic mass is 16.2. The number of carbonyl (C=O) groups excluding carboxylic acids is 1. The van der Waals surface area contributed by atoms with Crippen LogP contribution in [0, 0.1) is 0 Å². The summed E-state index contributed by atoms with van der Waals surface area (Å²) in [5.41, 5.74) is 2.16. The van der Waals surface area contributed by atoms with Gasteiger partial charge in [-0.2, -0.15) is 0 Å². The van der Waals surface area contributed by atoms with E-state index in [1.54, 1.807) is 0 Å². The molecule has 1 saturated carbocycles. The largest absolute Gasteiger partial charge is 0.300 e. The van der Waals surface area contributed by atoms with Crippen LogP contribution in [0.3, 0.4) is 0 Å². The van der Waals surface area contributed by atoms with Crippen LogP contribution in [-0.4, -0.2) is 29.9 Å². The van der Waals surface area contributed by atoms with Crippen LogP contribution in [0.15, 0.2) is 0 Å². The molecule has 0 aliphatic heterocycles. The van der Waals surface area contributed by atoms with E-state index in [9.17, 15) is 4.79 Å². The first-order chi connectivity index (χ1) is 7.77. The first-order valence-corrected chi connectivity index (χ1v) is 6.51. The molecule has 0 aromatic carbocycles. The van der Waals surface area contributed by atoms with E-state index in [0.717, 1.165) is 18.9 Å². The van der Waals surface area contributed by atoms with Gasteiger partial charge in [0.1, 0.15) is 0 Å². The molecule has 0 radical (unpaired) electrons. The molecule has 1 fully saturated rings. The molecule has 94 valence electrons. The molecule has 1 amide bonds. The van der Waals surface area contributed by atoms with Crippen LogP contribution < -0.4 is 11.3 Å². The normalized spacial score (nSPS) is 15.4. The van der Waals surface area contributed by atoms with Crippen LogP contribution in [0.5, 0.6) is 0 Å². The maximum Gasteiger partial charge on any atom is 0.233 e. The Hall–Kier alpha value is -0.610. The predicted octanol–water partition coefficient (Wildman–Crippen LogP) is 1.41. The standard InChI is InChI=1S/C12H25N3O/c1-2-9-15(11-7-8-11)10-5-3-4-6-12(16)14-13/h11H,2-10,13H2,1H3,(H,14,16). The number of amides is 1. The van der Waals surface area contributed by atoms with Crippen molar-refractivity contribution in [3.8, 4) is 0 Å². The molecule has 0 spiro atoms. The second-order valence-corrected chi connectivity index (χ2v) is 4.65. The molecule has 0 saturated heterocycles. The molecule has 4 nitrogen and oxygen atoms in total. The van der Waals surface area contributed by atoms with Crippen molar-refractivity contribution in [1.82, 2.24) is 10.3 Å². The fourth-order valence-electron chi connectivity index (χ4n) is 2.05. The zero-order valence-electron chi connectivity index (χ0n) is 10.4. The minimum absolute atomic E-state index is 0.0485. The Labute approximate surface area is 98.5 Å². The molecular formula is C12H25N3O. The minimum atomic E-state index is -0.0485. The van der Waals surface area contributed by atoms with Gasteiger partial charge in [0.2, 0.25) is 5.91 Å². The molecule has 3 N–H and O–H groups in total. The van der Waals surface area contributed by atoms with Crippen molar-refractivity contribution in [3.05, 3.63) is 0 Å². The van der Waals surface area contributed by atoms with E-state index in [1.165, 1.54) is 38.8 Å². The van der Waals surface area contributed by atoms with Crippen LogP contribution >= 0.6 is 0 Å². The smallest absolute Gasteiger partial charge is 0.233 e. The third kappa shape index (κ3) is 5.47. The van der Waals surface area contributed by atoms with E-state index < -0.39 is 0 Å². The van der Waals surface area contributed by atoms with Gasteiger partial charge < -0.3 is 4.90 Å². The van der Waals surface area contributed by atoms with Crippen molar-refractivity contribution in [1.29, 1.82) is 0 Å². The lowest BCUT2D eigenvalue weighted by Crippen LogP contribution is -2.30. The van der Waals surface area contributed by atoms with Crippen LogP contribution in [-0.2, 0) is 4.79 Å².